The highest BCUT2D eigenvalue weighted by atomic mass is 32.2. The Balaban J connectivity index is 1.84. The topological polar surface area (TPSA) is 58.4 Å². The number of likely N-dealkylation sites (tertiary alicyclic amines) is 1. The molecule has 1 aliphatic rings. The maximum Gasteiger partial charge on any atom is 0.219 e. The fourth-order valence-corrected chi connectivity index (χ4v) is 4.77. The van der Waals surface area contributed by atoms with Gasteiger partial charge in [-0.3, -0.25) is 4.79 Å². The molecule has 1 aromatic heterocycles. The zero-order valence-electron chi connectivity index (χ0n) is 17.6. The molecular weight excluding hydrogens is 370 g/mol. The van der Waals surface area contributed by atoms with Crippen LogP contribution in [0, 0.1) is 5.92 Å². The Kier molecular flexibility index (Phi) is 6.71. The second-order valence-electron chi connectivity index (χ2n) is 8.82. The predicted octanol–water partition coefficient (Wildman–Crippen LogP) is 4.07. The summed E-state index contributed by atoms with van der Waals surface area (Å²) in [6.07, 6.45) is 2.92. The van der Waals surface area contributed by atoms with Crippen molar-refractivity contribution >= 4 is 28.7 Å². The number of hydrogen-bond donors (Lipinski definition) is 1. The molecule has 0 bridgehead atoms. The number of piperidine rings is 1. The van der Waals surface area contributed by atoms with Crippen LogP contribution in [0.25, 0.3) is 11.0 Å². The Bertz CT molecular complexity index is 817. The molecule has 0 aliphatic carbocycles. The summed E-state index contributed by atoms with van der Waals surface area (Å²) in [6.45, 7) is 11.3. The molecule has 1 saturated heterocycles. The molecule has 0 radical (unpaired) electrons. The highest BCUT2D eigenvalue weighted by molar-refractivity contribution is 7.99. The van der Waals surface area contributed by atoms with Crippen molar-refractivity contribution in [1.82, 2.24) is 14.5 Å². The summed E-state index contributed by atoms with van der Waals surface area (Å²) in [5.41, 5.74) is 2.23. The van der Waals surface area contributed by atoms with Gasteiger partial charge in [-0.25, -0.2) is 4.98 Å². The van der Waals surface area contributed by atoms with Crippen molar-refractivity contribution in [2.75, 3.05) is 25.4 Å². The van der Waals surface area contributed by atoms with E-state index in [4.69, 9.17) is 10.1 Å². The number of hydrogen-bond acceptors (Lipinski definition) is 4. The lowest BCUT2D eigenvalue weighted by Gasteiger charge is -2.32. The number of benzene rings is 1. The second kappa shape index (κ2) is 8.87. The van der Waals surface area contributed by atoms with E-state index < -0.39 is 0 Å². The third kappa shape index (κ3) is 4.90. The van der Waals surface area contributed by atoms with Crippen molar-refractivity contribution < 1.29 is 9.90 Å². The zero-order chi connectivity index (χ0) is 20.3. The summed E-state index contributed by atoms with van der Waals surface area (Å²) in [7, 11) is 0. The minimum absolute atomic E-state index is 0.0245. The minimum Gasteiger partial charge on any atom is -0.396 e. The first kappa shape index (κ1) is 21.2. The molecule has 1 fully saturated rings. The number of fused-ring (bicyclic) bond motifs is 1. The molecule has 1 aliphatic heterocycles. The molecule has 5 nitrogen and oxygen atoms in total. The van der Waals surface area contributed by atoms with Crippen LogP contribution in [0.4, 0.5) is 0 Å². The van der Waals surface area contributed by atoms with E-state index in [0.29, 0.717) is 5.92 Å². The standard InChI is InChI=1S/C22H33N3O2S/c1-16(27)24-10-8-17(9-11-24)15-25-20-7-6-18(28-13-5-12-26)14-19(20)23-21(25)22(2,3)4/h6-7,14,17,26H,5,8-13,15H2,1-4H3. The van der Waals surface area contributed by atoms with Gasteiger partial charge in [0, 0.05) is 49.2 Å². The van der Waals surface area contributed by atoms with Gasteiger partial charge >= 0.3 is 0 Å². The summed E-state index contributed by atoms with van der Waals surface area (Å²) in [5.74, 6) is 2.82. The van der Waals surface area contributed by atoms with Gasteiger partial charge in [0.05, 0.1) is 11.0 Å². The van der Waals surface area contributed by atoms with Crippen molar-refractivity contribution in [2.45, 2.75) is 63.8 Å². The summed E-state index contributed by atoms with van der Waals surface area (Å²) in [5, 5.41) is 9.00. The zero-order valence-corrected chi connectivity index (χ0v) is 18.4. The first-order chi connectivity index (χ1) is 13.3. The molecule has 1 amide bonds. The van der Waals surface area contributed by atoms with Crippen LogP contribution in [-0.4, -0.2) is 50.9 Å². The lowest BCUT2D eigenvalue weighted by atomic mass is 9.93. The van der Waals surface area contributed by atoms with Crippen LogP contribution < -0.4 is 0 Å². The third-order valence-corrected chi connectivity index (χ3v) is 6.54. The summed E-state index contributed by atoms with van der Waals surface area (Å²) in [6, 6.07) is 6.55. The molecule has 28 heavy (non-hydrogen) atoms. The first-order valence-electron chi connectivity index (χ1n) is 10.3. The molecule has 3 rings (SSSR count). The maximum absolute atomic E-state index is 11.6. The van der Waals surface area contributed by atoms with E-state index in [9.17, 15) is 4.79 Å². The van der Waals surface area contributed by atoms with Gasteiger partial charge in [0.1, 0.15) is 5.82 Å². The van der Waals surface area contributed by atoms with Gasteiger partial charge < -0.3 is 14.6 Å². The molecule has 0 atom stereocenters. The molecule has 154 valence electrons. The number of carbonyl (C=O) groups is 1. The van der Waals surface area contributed by atoms with Crippen LogP contribution in [0.15, 0.2) is 23.1 Å². The lowest BCUT2D eigenvalue weighted by Crippen LogP contribution is -2.38. The summed E-state index contributed by atoms with van der Waals surface area (Å²) < 4.78 is 2.41. The van der Waals surface area contributed by atoms with Crippen LogP contribution >= 0.6 is 11.8 Å². The van der Waals surface area contributed by atoms with Gasteiger partial charge in [-0.15, -0.1) is 11.8 Å². The van der Waals surface area contributed by atoms with Crippen LogP contribution in [0.5, 0.6) is 0 Å². The molecule has 0 saturated carbocycles. The Hall–Kier alpha value is -1.53. The molecule has 0 spiro atoms. The van der Waals surface area contributed by atoms with Crippen molar-refractivity contribution in [3.05, 3.63) is 24.0 Å². The van der Waals surface area contributed by atoms with E-state index in [1.165, 1.54) is 10.4 Å². The molecular formula is C22H33N3O2S. The van der Waals surface area contributed by atoms with E-state index in [0.717, 1.165) is 56.0 Å². The number of aromatic nitrogens is 2. The normalized spacial score (nSPS) is 16.1. The quantitative estimate of drug-likeness (QED) is 0.583. The van der Waals surface area contributed by atoms with Crippen molar-refractivity contribution in [2.24, 2.45) is 5.92 Å². The largest absolute Gasteiger partial charge is 0.396 e. The van der Waals surface area contributed by atoms with Gasteiger partial charge in [0.25, 0.3) is 0 Å². The Morgan fingerprint density at radius 1 is 1.29 bits per heavy atom. The fourth-order valence-electron chi connectivity index (χ4n) is 3.90. The third-order valence-electron chi connectivity index (χ3n) is 5.46. The van der Waals surface area contributed by atoms with Gasteiger partial charge in [0.15, 0.2) is 0 Å². The summed E-state index contributed by atoms with van der Waals surface area (Å²) in [4.78, 5) is 19.8. The van der Waals surface area contributed by atoms with Crippen LogP contribution in [0.1, 0.15) is 52.8 Å². The monoisotopic (exact) mass is 403 g/mol. The van der Waals surface area contributed by atoms with Crippen molar-refractivity contribution in [3.8, 4) is 0 Å². The maximum atomic E-state index is 11.6. The van der Waals surface area contributed by atoms with E-state index >= 15 is 0 Å². The SMILES string of the molecule is CC(=O)N1CCC(Cn2c(C(C)(C)C)nc3cc(SCCCO)ccc32)CC1. The highest BCUT2D eigenvalue weighted by Crippen LogP contribution is 2.31. The number of thioether (sulfide) groups is 1. The van der Waals surface area contributed by atoms with E-state index in [2.05, 4.69) is 43.5 Å². The van der Waals surface area contributed by atoms with Crippen molar-refractivity contribution in [1.29, 1.82) is 0 Å². The van der Waals surface area contributed by atoms with Crippen molar-refractivity contribution in [3.63, 3.8) is 0 Å². The number of amides is 1. The Morgan fingerprint density at radius 3 is 2.61 bits per heavy atom. The molecule has 6 heteroatoms. The van der Waals surface area contributed by atoms with E-state index in [1.54, 1.807) is 18.7 Å². The fraction of sp³-hybridized carbons (Fsp3) is 0.636. The van der Waals surface area contributed by atoms with E-state index in [1.807, 2.05) is 4.90 Å². The number of carbonyl (C=O) groups excluding carboxylic acids is 1. The second-order valence-corrected chi connectivity index (χ2v) is 9.99. The summed E-state index contributed by atoms with van der Waals surface area (Å²) >= 11 is 1.77. The molecule has 0 unspecified atom stereocenters. The molecule has 1 aromatic carbocycles. The molecule has 2 heterocycles. The molecule has 2 aromatic rings. The van der Waals surface area contributed by atoms with Gasteiger partial charge in [0.2, 0.25) is 5.91 Å². The number of imidazole rings is 1. The smallest absolute Gasteiger partial charge is 0.219 e. The number of aliphatic hydroxyl groups is 1. The predicted molar refractivity (Wildman–Crippen MR) is 116 cm³/mol. The first-order valence-corrected chi connectivity index (χ1v) is 11.3. The number of aliphatic hydroxyl groups excluding tert-OH is 1. The van der Waals surface area contributed by atoms with Gasteiger partial charge in [-0.2, -0.15) is 0 Å². The number of nitrogens with zero attached hydrogens (tertiary/aromatic N) is 3. The Morgan fingerprint density at radius 2 is 2.00 bits per heavy atom. The van der Waals surface area contributed by atoms with Crippen LogP contribution in [0.2, 0.25) is 0 Å². The van der Waals surface area contributed by atoms with Gasteiger partial charge in [-0.05, 0) is 43.4 Å². The minimum atomic E-state index is -0.0245. The van der Waals surface area contributed by atoms with Crippen LogP contribution in [0.3, 0.4) is 0 Å². The highest BCUT2D eigenvalue weighted by Gasteiger charge is 2.27. The number of rotatable bonds is 6. The van der Waals surface area contributed by atoms with E-state index in [-0.39, 0.29) is 17.9 Å². The average Bonchev–Trinajstić information content (AvgIpc) is 3.00. The molecule has 1 N–H and O–H groups in total. The van der Waals surface area contributed by atoms with Gasteiger partial charge in [-0.1, -0.05) is 20.8 Å². The van der Waals surface area contributed by atoms with Crippen LogP contribution in [-0.2, 0) is 16.8 Å². The average molecular weight is 404 g/mol. The lowest BCUT2D eigenvalue weighted by molar-refractivity contribution is -0.130. The Labute approximate surface area is 172 Å².